The highest BCUT2D eigenvalue weighted by molar-refractivity contribution is 5.91. The Morgan fingerprint density at radius 1 is 1.39 bits per heavy atom. The van der Waals surface area contributed by atoms with Gasteiger partial charge < -0.3 is 9.47 Å². The second kappa shape index (κ2) is 5.36. The van der Waals surface area contributed by atoms with Crippen molar-refractivity contribution in [3.8, 4) is 5.75 Å². The highest BCUT2D eigenvalue weighted by atomic mass is 16.5. The quantitative estimate of drug-likeness (QED) is 0.749. The largest absolute Gasteiger partial charge is 0.497 e. The van der Waals surface area contributed by atoms with Gasteiger partial charge in [0.25, 0.3) is 0 Å². The molecule has 1 aliphatic carbocycles. The van der Waals surface area contributed by atoms with E-state index in [-0.39, 0.29) is 5.78 Å². The number of ketones is 1. The van der Waals surface area contributed by atoms with Gasteiger partial charge in [0, 0.05) is 6.42 Å². The molecule has 1 aromatic carbocycles. The van der Waals surface area contributed by atoms with Crippen LogP contribution in [0.25, 0.3) is 0 Å². The maximum Gasteiger partial charge on any atom is 0.168 e. The number of Topliss-reactive ketones (excluding diaryl/α,β-unsaturated/α-hetero) is 1. The van der Waals surface area contributed by atoms with Crippen LogP contribution >= 0.6 is 0 Å². The number of carbonyl (C=O) groups excluding carboxylic acids is 1. The third-order valence-electron chi connectivity index (χ3n) is 3.41. The van der Waals surface area contributed by atoms with Gasteiger partial charge in [-0.1, -0.05) is 24.8 Å². The van der Waals surface area contributed by atoms with E-state index in [0.29, 0.717) is 13.0 Å². The molecule has 0 radical (unpaired) electrons. The lowest BCUT2D eigenvalue weighted by atomic mass is 10.0. The Kier molecular flexibility index (Phi) is 3.82. The zero-order chi connectivity index (χ0) is 13.0. The molecule has 0 N–H and O–H groups in total. The monoisotopic (exact) mass is 246 g/mol. The minimum atomic E-state index is -0.764. The van der Waals surface area contributed by atoms with Crippen LogP contribution in [-0.2, 0) is 16.1 Å². The molecular weight excluding hydrogens is 228 g/mol. The molecule has 0 heterocycles. The zero-order valence-corrected chi connectivity index (χ0v) is 10.6. The Bertz CT molecular complexity index is 436. The third-order valence-corrected chi connectivity index (χ3v) is 3.41. The molecule has 1 fully saturated rings. The lowest BCUT2D eigenvalue weighted by Crippen LogP contribution is -2.34. The molecule has 1 aliphatic rings. The van der Waals surface area contributed by atoms with Crippen molar-refractivity contribution in [2.24, 2.45) is 0 Å². The molecule has 0 unspecified atom stereocenters. The highest BCUT2D eigenvalue weighted by Gasteiger charge is 2.40. The average Bonchev–Trinajstić information content (AvgIpc) is 2.79. The van der Waals surface area contributed by atoms with Gasteiger partial charge in [-0.3, -0.25) is 4.79 Å². The number of rotatable bonds is 5. The number of hydrogen-bond acceptors (Lipinski definition) is 3. The molecule has 3 nitrogen and oxygen atoms in total. The molecule has 0 aromatic heterocycles. The summed E-state index contributed by atoms with van der Waals surface area (Å²) in [6, 6.07) is 7.65. The van der Waals surface area contributed by atoms with E-state index in [0.717, 1.165) is 24.2 Å². The summed E-state index contributed by atoms with van der Waals surface area (Å²) in [6.45, 7) is 4.16. The molecule has 1 atom stereocenters. The van der Waals surface area contributed by atoms with Gasteiger partial charge in [-0.2, -0.15) is 0 Å². The number of ether oxygens (including phenoxy) is 2. The second-order valence-corrected chi connectivity index (χ2v) is 4.51. The molecule has 0 amide bonds. The topological polar surface area (TPSA) is 35.5 Å². The van der Waals surface area contributed by atoms with Crippen molar-refractivity contribution in [3.05, 3.63) is 42.5 Å². The predicted octanol–water partition coefficient (Wildman–Crippen LogP) is 2.89. The summed E-state index contributed by atoms with van der Waals surface area (Å²) < 4.78 is 10.9. The van der Waals surface area contributed by atoms with Crippen molar-refractivity contribution >= 4 is 5.78 Å². The maximum atomic E-state index is 11.8. The van der Waals surface area contributed by atoms with E-state index < -0.39 is 5.60 Å². The van der Waals surface area contributed by atoms with Crippen molar-refractivity contribution in [2.75, 3.05) is 7.11 Å². The fraction of sp³-hybridized carbons (Fsp3) is 0.400. The third kappa shape index (κ3) is 2.46. The molecule has 0 aliphatic heterocycles. The number of hydrogen-bond donors (Lipinski definition) is 0. The minimum absolute atomic E-state index is 0.144. The molecule has 0 spiro atoms. The maximum absolute atomic E-state index is 11.8. The van der Waals surface area contributed by atoms with Gasteiger partial charge in [0.15, 0.2) is 5.78 Å². The van der Waals surface area contributed by atoms with Gasteiger partial charge >= 0.3 is 0 Å². The summed E-state index contributed by atoms with van der Waals surface area (Å²) in [5.41, 5.74) is 0.261. The first-order valence-electron chi connectivity index (χ1n) is 6.14. The van der Waals surface area contributed by atoms with Crippen LogP contribution in [0.3, 0.4) is 0 Å². The van der Waals surface area contributed by atoms with E-state index in [2.05, 4.69) is 6.58 Å². The first-order valence-corrected chi connectivity index (χ1v) is 6.14. The van der Waals surface area contributed by atoms with Crippen molar-refractivity contribution in [1.29, 1.82) is 0 Å². The number of methoxy groups -OCH3 is 1. The minimum Gasteiger partial charge on any atom is -0.497 e. The van der Waals surface area contributed by atoms with E-state index in [4.69, 9.17) is 9.47 Å². The zero-order valence-electron chi connectivity index (χ0n) is 10.6. The van der Waals surface area contributed by atoms with Crippen LogP contribution < -0.4 is 4.74 Å². The van der Waals surface area contributed by atoms with Crippen LogP contribution in [0.2, 0.25) is 0 Å². The Morgan fingerprint density at radius 3 is 2.61 bits per heavy atom. The molecule has 2 rings (SSSR count). The predicted molar refractivity (Wildman–Crippen MR) is 69.6 cm³/mol. The Hall–Kier alpha value is -1.61. The first-order chi connectivity index (χ1) is 8.70. The van der Waals surface area contributed by atoms with Crippen molar-refractivity contribution in [3.63, 3.8) is 0 Å². The summed E-state index contributed by atoms with van der Waals surface area (Å²) in [5.74, 6) is 0.958. The Morgan fingerprint density at radius 2 is 2.11 bits per heavy atom. The van der Waals surface area contributed by atoms with Gasteiger partial charge in [-0.15, -0.1) is 0 Å². The molecule has 1 aromatic rings. The summed E-state index contributed by atoms with van der Waals surface area (Å²) in [4.78, 5) is 11.8. The van der Waals surface area contributed by atoms with Crippen molar-refractivity contribution in [1.82, 2.24) is 0 Å². The van der Waals surface area contributed by atoms with E-state index in [9.17, 15) is 4.79 Å². The van der Waals surface area contributed by atoms with Crippen LogP contribution in [0.1, 0.15) is 24.8 Å². The molecule has 96 valence electrons. The van der Waals surface area contributed by atoms with Crippen LogP contribution in [-0.4, -0.2) is 18.5 Å². The molecule has 0 bridgehead atoms. The standard InChI is InChI=1S/C15H18O3/c1-3-15(10-4-5-14(15)16)18-11-12-6-8-13(17-2)9-7-12/h3,6-9H,1,4-5,10-11H2,2H3/t15-/m0/s1. The number of benzene rings is 1. The van der Waals surface area contributed by atoms with Gasteiger partial charge in [-0.05, 0) is 30.5 Å². The molecule has 3 heteroatoms. The van der Waals surface area contributed by atoms with Gasteiger partial charge in [0.05, 0.1) is 13.7 Å². The van der Waals surface area contributed by atoms with Gasteiger partial charge in [0.2, 0.25) is 0 Å². The highest BCUT2D eigenvalue weighted by Crippen LogP contribution is 2.32. The molecule has 1 saturated carbocycles. The van der Waals surface area contributed by atoms with Crippen molar-refractivity contribution in [2.45, 2.75) is 31.5 Å². The van der Waals surface area contributed by atoms with Gasteiger partial charge in [-0.25, -0.2) is 0 Å². The van der Waals surface area contributed by atoms with Gasteiger partial charge in [0.1, 0.15) is 11.4 Å². The SMILES string of the molecule is C=C[C@]1(OCc2ccc(OC)cc2)CCCC1=O. The fourth-order valence-electron chi connectivity index (χ4n) is 2.22. The van der Waals surface area contributed by atoms with E-state index in [1.807, 2.05) is 24.3 Å². The normalized spacial score (nSPS) is 23.1. The van der Waals surface area contributed by atoms with E-state index in [1.165, 1.54) is 0 Å². The number of carbonyl (C=O) groups is 1. The van der Waals surface area contributed by atoms with E-state index >= 15 is 0 Å². The average molecular weight is 246 g/mol. The summed E-state index contributed by atoms with van der Waals surface area (Å²) in [5, 5.41) is 0. The lowest BCUT2D eigenvalue weighted by Gasteiger charge is -2.23. The smallest absolute Gasteiger partial charge is 0.168 e. The fourth-order valence-corrected chi connectivity index (χ4v) is 2.22. The lowest BCUT2D eigenvalue weighted by molar-refractivity contribution is -0.135. The molecular formula is C15H18O3. The van der Waals surface area contributed by atoms with E-state index in [1.54, 1.807) is 13.2 Å². The summed E-state index contributed by atoms with van der Waals surface area (Å²) >= 11 is 0. The second-order valence-electron chi connectivity index (χ2n) is 4.51. The van der Waals surface area contributed by atoms with Crippen LogP contribution in [0, 0.1) is 0 Å². The summed E-state index contributed by atoms with van der Waals surface area (Å²) in [7, 11) is 1.63. The molecule has 18 heavy (non-hydrogen) atoms. The summed E-state index contributed by atoms with van der Waals surface area (Å²) in [6.07, 6.45) is 3.86. The van der Waals surface area contributed by atoms with Crippen LogP contribution in [0.4, 0.5) is 0 Å². The molecule has 0 saturated heterocycles. The first kappa shape index (κ1) is 12.8. The Labute approximate surface area is 107 Å². The van der Waals surface area contributed by atoms with Crippen LogP contribution in [0.5, 0.6) is 5.75 Å². The van der Waals surface area contributed by atoms with Crippen LogP contribution in [0.15, 0.2) is 36.9 Å². The van der Waals surface area contributed by atoms with Crippen molar-refractivity contribution < 1.29 is 14.3 Å². The Balaban J connectivity index is 2.01.